The summed E-state index contributed by atoms with van der Waals surface area (Å²) >= 11 is 1.43. The third kappa shape index (κ3) is 3.92. The van der Waals surface area contributed by atoms with Gasteiger partial charge in [0.15, 0.2) is 0 Å². The maximum Gasteiger partial charge on any atom is 0.276 e. The van der Waals surface area contributed by atoms with Crippen LogP contribution in [0.15, 0.2) is 29.2 Å². The molecule has 6 nitrogen and oxygen atoms in total. The summed E-state index contributed by atoms with van der Waals surface area (Å²) in [4.78, 5) is 16.3. The van der Waals surface area contributed by atoms with Crippen molar-refractivity contribution in [3.05, 3.63) is 45.1 Å². The number of amides is 1. The van der Waals surface area contributed by atoms with Crippen LogP contribution in [-0.2, 0) is 22.9 Å². The molecular weight excluding hydrogens is 372 g/mol. The summed E-state index contributed by atoms with van der Waals surface area (Å²) in [6, 6.07) is 6.71. The Morgan fingerprint density at radius 2 is 2.08 bits per heavy atom. The molecule has 0 saturated carbocycles. The molecule has 0 radical (unpaired) electrons. The van der Waals surface area contributed by atoms with Crippen LogP contribution in [0.2, 0.25) is 0 Å². The Bertz CT molecular complexity index is 935. The van der Waals surface area contributed by atoms with E-state index in [-0.39, 0.29) is 10.6 Å². The molecule has 140 valence electrons. The Labute approximate surface area is 157 Å². The van der Waals surface area contributed by atoms with Gasteiger partial charge in [0.25, 0.3) is 15.9 Å². The Balaban J connectivity index is 1.74. The first-order chi connectivity index (χ1) is 12.3. The van der Waals surface area contributed by atoms with Crippen LogP contribution in [0.25, 0.3) is 0 Å². The summed E-state index contributed by atoms with van der Waals surface area (Å²) < 4.78 is 30.2. The van der Waals surface area contributed by atoms with Gasteiger partial charge in [-0.2, -0.15) is 0 Å². The molecule has 1 heterocycles. The lowest BCUT2D eigenvalue weighted by Gasteiger charge is -2.16. The quantitative estimate of drug-likeness (QED) is 0.764. The van der Waals surface area contributed by atoms with Crippen molar-refractivity contribution in [2.24, 2.45) is 5.92 Å². The molecule has 1 aromatic carbocycles. The fourth-order valence-electron chi connectivity index (χ4n) is 3.04. The summed E-state index contributed by atoms with van der Waals surface area (Å²) in [5.74, 6) is 0.380. The van der Waals surface area contributed by atoms with Crippen LogP contribution in [0.1, 0.15) is 39.0 Å². The number of carbonyl (C=O) groups is 1. The third-order valence-electron chi connectivity index (χ3n) is 4.46. The van der Waals surface area contributed by atoms with Gasteiger partial charge in [-0.15, -0.1) is 16.2 Å². The van der Waals surface area contributed by atoms with Crippen molar-refractivity contribution in [1.29, 1.82) is 0 Å². The molecule has 0 aliphatic heterocycles. The van der Waals surface area contributed by atoms with Gasteiger partial charge in [0.1, 0.15) is 10.6 Å². The molecular formula is C18H22N2O4S2. The highest BCUT2D eigenvalue weighted by Gasteiger charge is 2.23. The number of benzene rings is 1. The van der Waals surface area contributed by atoms with Gasteiger partial charge in [-0.05, 0) is 61.4 Å². The van der Waals surface area contributed by atoms with Crippen molar-refractivity contribution in [2.45, 2.75) is 38.0 Å². The van der Waals surface area contributed by atoms with E-state index in [1.165, 1.54) is 35.0 Å². The zero-order chi connectivity index (χ0) is 18.9. The van der Waals surface area contributed by atoms with Crippen molar-refractivity contribution in [2.75, 3.05) is 7.11 Å². The number of hydrogen-bond acceptors (Lipinski definition) is 5. The smallest absolute Gasteiger partial charge is 0.276 e. The van der Waals surface area contributed by atoms with Gasteiger partial charge in [-0.1, -0.05) is 13.0 Å². The first-order valence-corrected chi connectivity index (χ1v) is 10.7. The fraction of sp³-hybridized carbons (Fsp3) is 0.389. The summed E-state index contributed by atoms with van der Waals surface area (Å²) in [6.07, 6.45) is 3.06. The normalized spacial score (nSPS) is 16.8. The highest BCUT2D eigenvalue weighted by atomic mass is 32.2. The molecule has 0 fully saturated rings. The molecule has 0 bridgehead atoms. The molecule has 0 spiro atoms. The number of sulfonamides is 1. The van der Waals surface area contributed by atoms with E-state index in [2.05, 4.69) is 17.2 Å². The lowest BCUT2D eigenvalue weighted by Crippen LogP contribution is -2.41. The van der Waals surface area contributed by atoms with Gasteiger partial charge in [0.05, 0.1) is 12.0 Å². The number of carbonyl (C=O) groups excluding carboxylic acids is 1. The molecule has 1 amide bonds. The predicted octanol–water partition coefficient (Wildman–Crippen LogP) is 2.81. The number of nitrogens with one attached hydrogen (secondary N) is 2. The standard InChI is InChI=1S/C18H22N2O4S2/c1-11-5-7-15-13(8-11)10-16(25-15)18(21)19-20-26(22,23)17-9-12(2)4-6-14(17)24-3/h4,6,9-11,20H,5,7-8H2,1-3H3,(H,19,21)/t11-/m0/s1. The summed E-state index contributed by atoms with van der Waals surface area (Å²) in [5, 5.41) is 0. The number of fused-ring (bicyclic) bond motifs is 1. The maximum atomic E-state index is 12.5. The van der Waals surface area contributed by atoms with Gasteiger partial charge in [-0.3, -0.25) is 10.2 Å². The Kier molecular flexibility index (Phi) is 5.36. The summed E-state index contributed by atoms with van der Waals surface area (Å²) in [7, 11) is -2.54. The van der Waals surface area contributed by atoms with Crippen molar-refractivity contribution >= 4 is 27.3 Å². The number of hydrazine groups is 1. The van der Waals surface area contributed by atoms with Crippen LogP contribution in [0.3, 0.4) is 0 Å². The Morgan fingerprint density at radius 1 is 1.31 bits per heavy atom. The van der Waals surface area contributed by atoms with Gasteiger partial charge in [0, 0.05) is 4.88 Å². The van der Waals surface area contributed by atoms with E-state index in [0.717, 1.165) is 24.8 Å². The first kappa shape index (κ1) is 18.9. The number of ether oxygens (including phenoxy) is 1. The average molecular weight is 395 g/mol. The third-order valence-corrected chi connectivity index (χ3v) is 6.97. The molecule has 8 heteroatoms. The molecule has 1 atom stereocenters. The van der Waals surface area contributed by atoms with E-state index in [0.29, 0.717) is 10.8 Å². The van der Waals surface area contributed by atoms with E-state index in [9.17, 15) is 13.2 Å². The molecule has 26 heavy (non-hydrogen) atoms. The molecule has 3 rings (SSSR count). The molecule has 0 saturated heterocycles. The topological polar surface area (TPSA) is 84.5 Å². The molecule has 0 unspecified atom stereocenters. The SMILES string of the molecule is COc1ccc(C)cc1S(=O)(=O)NNC(=O)c1cc2c(s1)CC[C@H](C)C2. The highest BCUT2D eigenvalue weighted by molar-refractivity contribution is 7.89. The minimum Gasteiger partial charge on any atom is -0.495 e. The molecule has 2 N–H and O–H groups in total. The van der Waals surface area contributed by atoms with Gasteiger partial charge in [-0.25, -0.2) is 8.42 Å². The second-order valence-electron chi connectivity index (χ2n) is 6.62. The molecule has 1 aliphatic rings. The van der Waals surface area contributed by atoms with Gasteiger partial charge < -0.3 is 4.74 Å². The zero-order valence-corrected chi connectivity index (χ0v) is 16.6. The molecule has 1 aliphatic carbocycles. The fourth-order valence-corrected chi connectivity index (χ4v) is 5.24. The Hall–Kier alpha value is -1.90. The summed E-state index contributed by atoms with van der Waals surface area (Å²) in [6.45, 7) is 3.98. The van der Waals surface area contributed by atoms with Crippen molar-refractivity contribution < 1.29 is 17.9 Å². The van der Waals surface area contributed by atoms with Crippen molar-refractivity contribution in [3.63, 3.8) is 0 Å². The van der Waals surface area contributed by atoms with Crippen molar-refractivity contribution in [1.82, 2.24) is 10.3 Å². The van der Waals surface area contributed by atoms with Crippen LogP contribution in [0.4, 0.5) is 0 Å². The zero-order valence-electron chi connectivity index (χ0n) is 15.0. The van der Waals surface area contributed by atoms with Crippen LogP contribution < -0.4 is 15.0 Å². The van der Waals surface area contributed by atoms with Gasteiger partial charge >= 0.3 is 0 Å². The highest BCUT2D eigenvalue weighted by Crippen LogP contribution is 2.32. The number of aryl methyl sites for hydroxylation is 2. The number of rotatable bonds is 5. The number of methoxy groups -OCH3 is 1. The lowest BCUT2D eigenvalue weighted by atomic mass is 9.90. The minimum absolute atomic E-state index is 0.0143. The van der Waals surface area contributed by atoms with E-state index in [4.69, 9.17) is 4.74 Å². The lowest BCUT2D eigenvalue weighted by molar-refractivity contribution is 0.0949. The van der Waals surface area contributed by atoms with E-state index >= 15 is 0 Å². The van der Waals surface area contributed by atoms with Gasteiger partial charge in [0.2, 0.25) is 0 Å². The number of thiophene rings is 1. The Morgan fingerprint density at radius 3 is 2.81 bits per heavy atom. The second kappa shape index (κ2) is 7.38. The first-order valence-electron chi connectivity index (χ1n) is 8.38. The minimum atomic E-state index is -3.94. The average Bonchev–Trinajstić information content (AvgIpc) is 3.03. The maximum absolute atomic E-state index is 12.5. The monoisotopic (exact) mass is 394 g/mol. The largest absolute Gasteiger partial charge is 0.495 e. The van der Waals surface area contributed by atoms with Crippen LogP contribution >= 0.6 is 11.3 Å². The van der Waals surface area contributed by atoms with Crippen molar-refractivity contribution in [3.8, 4) is 5.75 Å². The molecule has 2 aromatic rings. The summed E-state index contributed by atoms with van der Waals surface area (Å²) in [5.41, 5.74) is 4.28. The van der Waals surface area contributed by atoms with E-state index in [1.54, 1.807) is 19.1 Å². The van der Waals surface area contributed by atoms with Crippen LogP contribution in [0, 0.1) is 12.8 Å². The van der Waals surface area contributed by atoms with Crippen LogP contribution in [-0.4, -0.2) is 21.4 Å². The van der Waals surface area contributed by atoms with Crippen LogP contribution in [0.5, 0.6) is 5.75 Å². The predicted molar refractivity (Wildman–Crippen MR) is 101 cm³/mol. The molecule has 1 aromatic heterocycles. The second-order valence-corrected chi connectivity index (χ2v) is 9.41. The van der Waals surface area contributed by atoms with E-state index in [1.807, 2.05) is 6.07 Å². The van der Waals surface area contributed by atoms with E-state index < -0.39 is 15.9 Å². The number of hydrogen-bond donors (Lipinski definition) is 2.